The molecule has 2 aliphatic rings. The molecular formula is C23H24N2O4. The molecule has 6 heteroatoms. The number of likely N-dealkylation sites (tertiary alicyclic amines) is 1. The molecule has 2 aromatic rings. The third-order valence-electron chi connectivity index (χ3n) is 5.62. The number of benzene rings is 1. The Morgan fingerprint density at radius 2 is 2.00 bits per heavy atom. The Morgan fingerprint density at radius 3 is 2.72 bits per heavy atom. The molecule has 0 radical (unpaired) electrons. The second kappa shape index (κ2) is 8.17. The number of carboxylic acid groups (broad SMARTS) is 1. The highest BCUT2D eigenvalue weighted by atomic mass is 16.5. The van der Waals surface area contributed by atoms with E-state index in [1.807, 2.05) is 24.3 Å². The zero-order valence-corrected chi connectivity index (χ0v) is 16.5. The monoisotopic (exact) mass is 392 g/mol. The number of hydrogen-bond donors (Lipinski definition) is 1. The van der Waals surface area contributed by atoms with Crippen LogP contribution in [0.5, 0.6) is 5.75 Å². The second-order valence-corrected chi connectivity index (χ2v) is 7.53. The van der Waals surface area contributed by atoms with Crippen molar-refractivity contribution in [2.45, 2.75) is 32.8 Å². The van der Waals surface area contributed by atoms with Crippen LogP contribution in [0.15, 0.2) is 42.1 Å². The Morgan fingerprint density at radius 1 is 1.21 bits per heavy atom. The maximum Gasteiger partial charge on any atom is 0.304 e. The van der Waals surface area contributed by atoms with Gasteiger partial charge in [0.05, 0.1) is 12.1 Å². The lowest BCUT2D eigenvalue weighted by molar-refractivity contribution is -0.137. The summed E-state index contributed by atoms with van der Waals surface area (Å²) in [5, 5.41) is 8.93. The molecule has 0 amide bonds. The van der Waals surface area contributed by atoms with Gasteiger partial charge in [-0.05, 0) is 44.0 Å². The minimum absolute atomic E-state index is 0.0196. The zero-order chi connectivity index (χ0) is 20.4. The van der Waals surface area contributed by atoms with Gasteiger partial charge in [0.15, 0.2) is 5.78 Å². The molecule has 0 unspecified atom stereocenters. The van der Waals surface area contributed by atoms with Gasteiger partial charge in [0.25, 0.3) is 0 Å². The van der Waals surface area contributed by atoms with E-state index in [1.165, 1.54) is 5.57 Å². The fourth-order valence-electron chi connectivity index (χ4n) is 4.04. The first-order valence-electron chi connectivity index (χ1n) is 9.91. The number of pyridine rings is 1. The number of nitrogens with zero attached hydrogens (tertiary/aromatic N) is 2. The summed E-state index contributed by atoms with van der Waals surface area (Å²) in [5.41, 5.74) is 5.87. The quantitative estimate of drug-likeness (QED) is 0.802. The Balaban J connectivity index is 1.76. The molecule has 1 aromatic heterocycles. The molecule has 0 spiro atoms. The Labute approximate surface area is 169 Å². The first-order chi connectivity index (χ1) is 14.0. The third kappa shape index (κ3) is 4.07. The van der Waals surface area contributed by atoms with E-state index in [1.54, 1.807) is 19.2 Å². The van der Waals surface area contributed by atoms with E-state index in [4.69, 9.17) is 9.84 Å². The zero-order valence-electron chi connectivity index (χ0n) is 16.5. The van der Waals surface area contributed by atoms with Crippen LogP contribution < -0.4 is 4.74 Å². The summed E-state index contributed by atoms with van der Waals surface area (Å²) in [7, 11) is 0. The van der Waals surface area contributed by atoms with Crippen molar-refractivity contribution in [1.29, 1.82) is 0 Å². The number of aliphatic carboxylic acids is 1. The van der Waals surface area contributed by atoms with E-state index in [-0.39, 0.29) is 12.2 Å². The van der Waals surface area contributed by atoms with Crippen molar-refractivity contribution in [3.05, 3.63) is 64.5 Å². The number of ether oxygens (including phenoxy) is 1. The van der Waals surface area contributed by atoms with Gasteiger partial charge in [-0.1, -0.05) is 11.6 Å². The van der Waals surface area contributed by atoms with Crippen molar-refractivity contribution in [3.8, 4) is 5.75 Å². The van der Waals surface area contributed by atoms with E-state index >= 15 is 0 Å². The number of rotatable bonds is 4. The fourth-order valence-corrected chi connectivity index (χ4v) is 4.04. The molecule has 1 aromatic carbocycles. The SMILES string of the molecule is CC(=O)c1ccc2c(c1)C(=C1CCN(CCC(=O)O)CC1)c1ncccc1CO2. The van der Waals surface area contributed by atoms with Crippen LogP contribution in [0.1, 0.15) is 53.4 Å². The molecule has 0 atom stereocenters. The standard InChI is InChI=1S/C23H24N2O4/c1-15(26)17-4-5-20-19(13-17)22(23-18(14-29-20)3-2-9-24-23)16-6-10-25(11-7-16)12-8-21(27)28/h2-5,9,13H,6-8,10-12,14H2,1H3,(H,27,28). The van der Waals surface area contributed by atoms with Gasteiger partial charge >= 0.3 is 5.97 Å². The summed E-state index contributed by atoms with van der Waals surface area (Å²) < 4.78 is 6.06. The Kier molecular flexibility index (Phi) is 5.45. The highest BCUT2D eigenvalue weighted by Crippen LogP contribution is 2.40. The van der Waals surface area contributed by atoms with Gasteiger partial charge in [0, 0.05) is 48.1 Å². The lowest BCUT2D eigenvalue weighted by Crippen LogP contribution is -2.33. The van der Waals surface area contributed by atoms with Crippen LogP contribution in [-0.2, 0) is 11.4 Å². The molecule has 3 heterocycles. The van der Waals surface area contributed by atoms with Crippen molar-refractivity contribution in [2.75, 3.05) is 19.6 Å². The lowest BCUT2D eigenvalue weighted by Gasteiger charge is -2.29. The van der Waals surface area contributed by atoms with Crippen molar-refractivity contribution in [3.63, 3.8) is 0 Å². The van der Waals surface area contributed by atoms with Crippen molar-refractivity contribution >= 4 is 17.3 Å². The van der Waals surface area contributed by atoms with Crippen LogP contribution in [0.25, 0.3) is 5.57 Å². The van der Waals surface area contributed by atoms with Crippen LogP contribution in [0.3, 0.4) is 0 Å². The summed E-state index contributed by atoms with van der Waals surface area (Å²) in [4.78, 5) is 29.7. The molecule has 150 valence electrons. The van der Waals surface area contributed by atoms with Crippen molar-refractivity contribution < 1.29 is 19.4 Å². The normalized spacial score (nSPS) is 16.4. The Bertz CT molecular complexity index is 986. The van der Waals surface area contributed by atoms with Gasteiger partial charge in [-0.25, -0.2) is 0 Å². The minimum Gasteiger partial charge on any atom is -0.488 e. The van der Waals surface area contributed by atoms with Crippen LogP contribution >= 0.6 is 0 Å². The number of carboxylic acids is 1. The number of Topliss-reactive ketones (excluding diaryl/α,β-unsaturated/α-hetero) is 1. The van der Waals surface area contributed by atoms with Gasteiger partial charge in [0.2, 0.25) is 0 Å². The molecule has 1 fully saturated rings. The predicted molar refractivity (Wildman–Crippen MR) is 109 cm³/mol. The molecular weight excluding hydrogens is 368 g/mol. The van der Waals surface area contributed by atoms with Gasteiger partial charge in [-0.2, -0.15) is 0 Å². The van der Waals surface area contributed by atoms with Gasteiger partial charge in [-0.3, -0.25) is 14.6 Å². The maximum atomic E-state index is 12.0. The molecule has 4 rings (SSSR count). The summed E-state index contributed by atoms with van der Waals surface area (Å²) >= 11 is 0. The molecule has 0 saturated carbocycles. The van der Waals surface area contributed by atoms with Crippen LogP contribution in [-0.4, -0.2) is 46.4 Å². The first-order valence-corrected chi connectivity index (χ1v) is 9.91. The fraction of sp³-hybridized carbons (Fsp3) is 0.348. The summed E-state index contributed by atoms with van der Waals surface area (Å²) in [6, 6.07) is 9.54. The highest BCUT2D eigenvalue weighted by Gasteiger charge is 2.26. The average Bonchev–Trinajstić information content (AvgIpc) is 2.89. The molecule has 1 saturated heterocycles. The molecule has 2 aliphatic heterocycles. The molecule has 1 N–H and O–H groups in total. The van der Waals surface area contributed by atoms with Crippen LogP contribution in [0.4, 0.5) is 0 Å². The summed E-state index contributed by atoms with van der Waals surface area (Å²) in [6.45, 7) is 4.21. The number of hydrogen-bond acceptors (Lipinski definition) is 5. The molecule has 0 aliphatic carbocycles. The van der Waals surface area contributed by atoms with Crippen molar-refractivity contribution in [1.82, 2.24) is 9.88 Å². The third-order valence-corrected chi connectivity index (χ3v) is 5.62. The predicted octanol–water partition coefficient (Wildman–Crippen LogP) is 3.55. The number of carbonyl (C=O) groups is 2. The smallest absolute Gasteiger partial charge is 0.304 e. The molecule has 0 bridgehead atoms. The number of fused-ring (bicyclic) bond motifs is 2. The topological polar surface area (TPSA) is 79.7 Å². The van der Waals surface area contributed by atoms with Gasteiger partial charge in [0.1, 0.15) is 12.4 Å². The number of carbonyl (C=O) groups excluding carboxylic acids is 1. The number of ketones is 1. The van der Waals surface area contributed by atoms with Gasteiger partial charge < -0.3 is 14.7 Å². The average molecular weight is 392 g/mol. The number of aromatic nitrogens is 1. The lowest BCUT2D eigenvalue weighted by atomic mass is 9.88. The summed E-state index contributed by atoms with van der Waals surface area (Å²) in [5.74, 6) is 0.0221. The highest BCUT2D eigenvalue weighted by molar-refractivity contribution is 5.96. The van der Waals surface area contributed by atoms with E-state index < -0.39 is 5.97 Å². The molecule has 29 heavy (non-hydrogen) atoms. The second-order valence-electron chi connectivity index (χ2n) is 7.53. The first kappa shape index (κ1) is 19.3. The summed E-state index contributed by atoms with van der Waals surface area (Å²) in [6.07, 6.45) is 3.64. The van der Waals surface area contributed by atoms with Crippen LogP contribution in [0.2, 0.25) is 0 Å². The van der Waals surface area contributed by atoms with Crippen LogP contribution in [0, 0.1) is 0 Å². The maximum absolute atomic E-state index is 12.0. The minimum atomic E-state index is -0.765. The number of piperidine rings is 1. The van der Waals surface area contributed by atoms with Crippen molar-refractivity contribution in [2.24, 2.45) is 0 Å². The Hall–Kier alpha value is -2.99. The van der Waals surface area contributed by atoms with E-state index in [9.17, 15) is 9.59 Å². The molecule has 6 nitrogen and oxygen atoms in total. The van der Waals surface area contributed by atoms with Gasteiger partial charge in [-0.15, -0.1) is 0 Å². The largest absolute Gasteiger partial charge is 0.488 e. The van der Waals surface area contributed by atoms with E-state index in [2.05, 4.69) is 9.88 Å². The van der Waals surface area contributed by atoms with E-state index in [0.29, 0.717) is 18.7 Å². The van der Waals surface area contributed by atoms with E-state index in [0.717, 1.165) is 54.1 Å².